The SMILES string of the molecule is Clc1cnc(N[C@@H]2CCCN(CC3=CCNCC3)C2)nc1-c1c[nH]c2ncccc12. The Kier molecular flexibility index (Phi) is 5.66. The van der Waals surface area contributed by atoms with E-state index in [0.29, 0.717) is 17.0 Å². The van der Waals surface area contributed by atoms with E-state index >= 15 is 0 Å². The smallest absolute Gasteiger partial charge is 0.223 e. The lowest BCUT2D eigenvalue weighted by atomic mass is 10.0. The van der Waals surface area contributed by atoms with E-state index in [2.05, 4.69) is 36.6 Å². The van der Waals surface area contributed by atoms with E-state index in [9.17, 15) is 0 Å². The molecule has 0 unspecified atom stereocenters. The van der Waals surface area contributed by atoms with Crippen LogP contribution in [0.2, 0.25) is 5.02 Å². The molecule has 156 valence electrons. The summed E-state index contributed by atoms with van der Waals surface area (Å²) in [7, 11) is 0. The van der Waals surface area contributed by atoms with Crippen molar-refractivity contribution in [3.05, 3.63) is 47.4 Å². The van der Waals surface area contributed by atoms with Gasteiger partial charge in [0, 0.05) is 49.0 Å². The molecule has 0 spiro atoms. The fourth-order valence-corrected chi connectivity index (χ4v) is 4.57. The molecule has 1 atom stereocenters. The van der Waals surface area contributed by atoms with Crippen LogP contribution in [0.4, 0.5) is 5.95 Å². The molecule has 0 bridgehead atoms. The first-order valence-electron chi connectivity index (χ1n) is 10.6. The van der Waals surface area contributed by atoms with E-state index in [1.807, 2.05) is 18.3 Å². The molecular weight excluding hydrogens is 398 g/mol. The Morgan fingerprint density at radius 3 is 3.17 bits per heavy atom. The van der Waals surface area contributed by atoms with Gasteiger partial charge in [-0.3, -0.25) is 4.90 Å². The zero-order chi connectivity index (χ0) is 20.3. The number of nitrogens with zero attached hydrogens (tertiary/aromatic N) is 4. The van der Waals surface area contributed by atoms with Gasteiger partial charge >= 0.3 is 0 Å². The van der Waals surface area contributed by atoms with Crippen molar-refractivity contribution < 1.29 is 0 Å². The maximum absolute atomic E-state index is 6.46. The molecule has 5 heterocycles. The fourth-order valence-electron chi connectivity index (χ4n) is 4.38. The highest BCUT2D eigenvalue weighted by Gasteiger charge is 2.22. The average Bonchev–Trinajstić information content (AvgIpc) is 3.20. The van der Waals surface area contributed by atoms with Gasteiger partial charge in [-0.2, -0.15) is 0 Å². The van der Waals surface area contributed by atoms with Crippen LogP contribution in [0, 0.1) is 0 Å². The number of aromatic amines is 1. The van der Waals surface area contributed by atoms with E-state index in [-0.39, 0.29) is 0 Å². The number of piperidine rings is 1. The van der Waals surface area contributed by atoms with Gasteiger partial charge in [-0.05, 0) is 44.5 Å². The van der Waals surface area contributed by atoms with Crippen molar-refractivity contribution in [2.45, 2.75) is 25.3 Å². The summed E-state index contributed by atoms with van der Waals surface area (Å²) in [4.78, 5) is 19.3. The molecule has 0 amide bonds. The maximum atomic E-state index is 6.46. The number of hydrogen-bond donors (Lipinski definition) is 3. The third-order valence-corrected chi connectivity index (χ3v) is 6.15. The van der Waals surface area contributed by atoms with Gasteiger partial charge in [0.25, 0.3) is 0 Å². The zero-order valence-electron chi connectivity index (χ0n) is 16.9. The van der Waals surface area contributed by atoms with Gasteiger partial charge in [-0.15, -0.1) is 0 Å². The second kappa shape index (κ2) is 8.71. The van der Waals surface area contributed by atoms with Crippen LogP contribution in [0.25, 0.3) is 22.3 Å². The van der Waals surface area contributed by atoms with Gasteiger partial charge in [0.15, 0.2) is 0 Å². The van der Waals surface area contributed by atoms with Crippen LogP contribution in [0.15, 0.2) is 42.4 Å². The van der Waals surface area contributed by atoms with E-state index < -0.39 is 0 Å². The van der Waals surface area contributed by atoms with Crippen LogP contribution in [0.1, 0.15) is 19.3 Å². The summed E-state index contributed by atoms with van der Waals surface area (Å²) in [5, 5.41) is 8.47. The molecule has 3 N–H and O–H groups in total. The minimum Gasteiger partial charge on any atom is -0.350 e. The summed E-state index contributed by atoms with van der Waals surface area (Å²) in [5.41, 5.74) is 4.04. The van der Waals surface area contributed by atoms with Gasteiger partial charge in [0.2, 0.25) is 5.95 Å². The topological polar surface area (TPSA) is 81.8 Å². The van der Waals surface area contributed by atoms with Gasteiger partial charge < -0.3 is 15.6 Å². The maximum Gasteiger partial charge on any atom is 0.223 e. The van der Waals surface area contributed by atoms with Crippen LogP contribution >= 0.6 is 11.6 Å². The number of nitrogens with one attached hydrogen (secondary N) is 3. The second-order valence-electron chi connectivity index (χ2n) is 8.03. The van der Waals surface area contributed by atoms with Crippen LogP contribution in [-0.4, -0.2) is 63.6 Å². The molecule has 0 aromatic carbocycles. The molecule has 3 aromatic heterocycles. The predicted molar refractivity (Wildman–Crippen MR) is 121 cm³/mol. The highest BCUT2D eigenvalue weighted by Crippen LogP contribution is 2.31. The minimum atomic E-state index is 0.333. The summed E-state index contributed by atoms with van der Waals surface area (Å²) in [6.45, 7) is 5.30. The highest BCUT2D eigenvalue weighted by molar-refractivity contribution is 6.33. The standard InChI is InChI=1S/C22H26ClN7/c23-19-12-27-22(29-20(19)18-11-26-21-17(18)4-1-7-25-21)28-16-3-2-10-30(14-16)13-15-5-8-24-9-6-15/h1,4-5,7,11-12,16,24H,2-3,6,8-10,13-14H2,(H,25,26)(H,27,28,29)/t16-/m1/s1. The predicted octanol–water partition coefficient (Wildman–Crippen LogP) is 3.47. The Morgan fingerprint density at radius 1 is 1.30 bits per heavy atom. The van der Waals surface area contributed by atoms with E-state index in [1.54, 1.807) is 18.0 Å². The normalized spacial score (nSPS) is 20.3. The van der Waals surface area contributed by atoms with Crippen molar-refractivity contribution in [2.24, 2.45) is 0 Å². The molecule has 0 aliphatic carbocycles. The molecule has 0 radical (unpaired) electrons. The highest BCUT2D eigenvalue weighted by atomic mass is 35.5. The van der Waals surface area contributed by atoms with Crippen molar-refractivity contribution in [2.75, 3.05) is 38.0 Å². The number of likely N-dealkylation sites (tertiary alicyclic amines) is 1. The van der Waals surface area contributed by atoms with Crippen molar-refractivity contribution in [1.82, 2.24) is 30.2 Å². The Hall–Kier alpha value is -2.48. The number of halogens is 1. The first-order chi connectivity index (χ1) is 14.8. The molecule has 3 aromatic rings. The third-order valence-electron chi connectivity index (χ3n) is 5.87. The van der Waals surface area contributed by atoms with E-state index in [0.717, 1.165) is 67.9 Å². The number of H-pyrrole nitrogens is 1. The van der Waals surface area contributed by atoms with Gasteiger partial charge in [0.1, 0.15) is 5.65 Å². The Balaban J connectivity index is 1.31. The lowest BCUT2D eigenvalue weighted by Gasteiger charge is -2.34. The molecule has 0 saturated carbocycles. The van der Waals surface area contributed by atoms with Gasteiger partial charge in [-0.25, -0.2) is 15.0 Å². The van der Waals surface area contributed by atoms with Crippen LogP contribution < -0.4 is 10.6 Å². The summed E-state index contributed by atoms with van der Waals surface area (Å²) >= 11 is 6.46. The molecule has 7 nitrogen and oxygen atoms in total. The molecule has 30 heavy (non-hydrogen) atoms. The molecule has 1 saturated heterocycles. The van der Waals surface area contributed by atoms with E-state index in [1.165, 1.54) is 6.42 Å². The van der Waals surface area contributed by atoms with Crippen molar-refractivity contribution >= 4 is 28.6 Å². The van der Waals surface area contributed by atoms with Crippen LogP contribution in [0.3, 0.4) is 0 Å². The monoisotopic (exact) mass is 423 g/mol. The van der Waals surface area contributed by atoms with Crippen LogP contribution in [-0.2, 0) is 0 Å². The second-order valence-corrected chi connectivity index (χ2v) is 8.43. The number of hydrogen-bond acceptors (Lipinski definition) is 6. The lowest BCUT2D eigenvalue weighted by Crippen LogP contribution is -2.43. The van der Waals surface area contributed by atoms with Crippen molar-refractivity contribution in [3.63, 3.8) is 0 Å². The Labute approximate surface area is 181 Å². The molecule has 8 heteroatoms. The first-order valence-corrected chi connectivity index (χ1v) is 11.0. The molecular formula is C22H26ClN7. The fraction of sp³-hybridized carbons (Fsp3) is 0.409. The van der Waals surface area contributed by atoms with Gasteiger partial charge in [0.05, 0.1) is 16.9 Å². The summed E-state index contributed by atoms with van der Waals surface area (Å²) < 4.78 is 0. The van der Waals surface area contributed by atoms with Crippen LogP contribution in [0.5, 0.6) is 0 Å². The molecule has 2 aliphatic rings. The summed E-state index contributed by atoms with van der Waals surface area (Å²) in [5.74, 6) is 0.626. The Bertz CT molecular complexity index is 1060. The lowest BCUT2D eigenvalue weighted by molar-refractivity contribution is 0.230. The number of pyridine rings is 1. The number of anilines is 1. The quantitative estimate of drug-likeness (QED) is 0.545. The van der Waals surface area contributed by atoms with Gasteiger partial charge in [-0.1, -0.05) is 23.3 Å². The average molecular weight is 424 g/mol. The summed E-state index contributed by atoms with van der Waals surface area (Å²) in [6, 6.07) is 4.27. The number of fused-ring (bicyclic) bond motifs is 1. The Morgan fingerprint density at radius 2 is 2.27 bits per heavy atom. The first kappa shape index (κ1) is 19.5. The number of rotatable bonds is 5. The summed E-state index contributed by atoms with van der Waals surface area (Å²) in [6.07, 6.45) is 11.1. The molecule has 1 fully saturated rings. The molecule has 2 aliphatic heterocycles. The third kappa shape index (κ3) is 4.19. The van der Waals surface area contributed by atoms with Crippen molar-refractivity contribution in [3.8, 4) is 11.3 Å². The van der Waals surface area contributed by atoms with E-state index in [4.69, 9.17) is 16.6 Å². The minimum absolute atomic E-state index is 0.333. The number of aromatic nitrogens is 4. The molecule has 5 rings (SSSR count). The largest absolute Gasteiger partial charge is 0.350 e. The zero-order valence-corrected chi connectivity index (χ0v) is 17.6. The van der Waals surface area contributed by atoms with Crippen molar-refractivity contribution in [1.29, 1.82) is 0 Å².